The van der Waals surface area contributed by atoms with Gasteiger partial charge in [0.15, 0.2) is 0 Å². The zero-order chi connectivity index (χ0) is 14.4. The molecule has 0 saturated carbocycles. The first-order valence-corrected chi connectivity index (χ1v) is 8.13. The Hall–Kier alpha value is -1.02. The van der Waals surface area contributed by atoms with E-state index in [1.807, 2.05) is 11.0 Å². The molecule has 0 spiro atoms. The van der Waals surface area contributed by atoms with E-state index in [0.29, 0.717) is 4.34 Å². The van der Waals surface area contributed by atoms with Crippen LogP contribution in [0.5, 0.6) is 0 Å². The number of amides is 1. The molecule has 3 nitrogen and oxygen atoms in total. The molecular weight excluding hydrogens is 292 g/mol. The van der Waals surface area contributed by atoms with Crippen LogP contribution < -0.4 is 0 Å². The standard InChI is InChI=1S/C15H19ClN2OS/c1-2-3-4-8-17-9-5-10-18(12-11-17)15(19)13-6-7-14(16)20-13/h6-7H,2,5,8-12H2,1H3. The van der Waals surface area contributed by atoms with E-state index < -0.39 is 0 Å². The summed E-state index contributed by atoms with van der Waals surface area (Å²) in [5.41, 5.74) is 0. The third-order valence-electron chi connectivity index (χ3n) is 3.26. The Morgan fingerprint density at radius 3 is 2.85 bits per heavy atom. The van der Waals surface area contributed by atoms with Crippen LogP contribution in [0.4, 0.5) is 0 Å². The molecule has 1 aliphatic rings. The third kappa shape index (κ3) is 4.24. The van der Waals surface area contributed by atoms with E-state index in [4.69, 9.17) is 11.6 Å². The molecule has 2 heterocycles. The van der Waals surface area contributed by atoms with E-state index in [2.05, 4.69) is 23.7 Å². The summed E-state index contributed by atoms with van der Waals surface area (Å²) in [5, 5.41) is 0. The van der Waals surface area contributed by atoms with Gasteiger partial charge in [0, 0.05) is 32.6 Å². The molecule has 1 aromatic heterocycles. The average molecular weight is 311 g/mol. The molecule has 0 N–H and O–H groups in total. The molecule has 0 bridgehead atoms. The number of hydrogen-bond acceptors (Lipinski definition) is 3. The number of hydrogen-bond donors (Lipinski definition) is 0. The van der Waals surface area contributed by atoms with Gasteiger partial charge in [-0.2, -0.15) is 0 Å². The Bertz CT molecular complexity index is 517. The molecule has 0 radical (unpaired) electrons. The van der Waals surface area contributed by atoms with E-state index in [9.17, 15) is 4.79 Å². The summed E-state index contributed by atoms with van der Waals surface area (Å²) >= 11 is 7.25. The van der Waals surface area contributed by atoms with Gasteiger partial charge in [-0.1, -0.05) is 24.4 Å². The fraction of sp³-hybridized carbons (Fsp3) is 0.533. The van der Waals surface area contributed by atoms with Gasteiger partial charge in [0.25, 0.3) is 5.91 Å². The maximum absolute atomic E-state index is 12.4. The molecule has 5 heteroatoms. The van der Waals surface area contributed by atoms with Crippen LogP contribution in [0.3, 0.4) is 0 Å². The first kappa shape index (κ1) is 15.4. The predicted molar refractivity (Wildman–Crippen MR) is 84.4 cm³/mol. The summed E-state index contributed by atoms with van der Waals surface area (Å²) < 4.78 is 0.666. The van der Waals surface area contributed by atoms with E-state index >= 15 is 0 Å². The minimum Gasteiger partial charge on any atom is -0.337 e. The number of rotatable bonds is 2. The van der Waals surface area contributed by atoms with Crippen molar-refractivity contribution in [1.82, 2.24) is 9.80 Å². The second-order valence-corrected chi connectivity index (χ2v) is 6.45. The zero-order valence-corrected chi connectivity index (χ0v) is 13.3. The summed E-state index contributed by atoms with van der Waals surface area (Å²) in [5.74, 6) is 6.36. The van der Waals surface area contributed by atoms with Gasteiger partial charge in [-0.3, -0.25) is 9.69 Å². The van der Waals surface area contributed by atoms with Gasteiger partial charge >= 0.3 is 0 Å². The number of carbonyl (C=O) groups excluding carboxylic acids is 1. The Balaban J connectivity index is 1.90. The molecule has 1 saturated heterocycles. The van der Waals surface area contributed by atoms with Crippen LogP contribution in [0, 0.1) is 11.8 Å². The molecule has 0 aliphatic carbocycles. The summed E-state index contributed by atoms with van der Waals surface area (Å²) in [7, 11) is 0. The largest absolute Gasteiger partial charge is 0.337 e. The molecule has 0 unspecified atom stereocenters. The van der Waals surface area contributed by atoms with Crippen molar-refractivity contribution in [2.75, 3.05) is 32.7 Å². The quantitative estimate of drug-likeness (QED) is 0.784. The minimum absolute atomic E-state index is 0.100. The Morgan fingerprint density at radius 2 is 2.15 bits per heavy atom. The van der Waals surface area contributed by atoms with Gasteiger partial charge in [-0.15, -0.1) is 17.3 Å². The van der Waals surface area contributed by atoms with E-state index in [-0.39, 0.29) is 5.91 Å². The van der Waals surface area contributed by atoms with Crippen molar-refractivity contribution in [2.45, 2.75) is 19.8 Å². The maximum Gasteiger partial charge on any atom is 0.264 e. The van der Waals surface area contributed by atoms with E-state index in [0.717, 1.165) is 50.4 Å². The number of thiophene rings is 1. The molecule has 1 aromatic rings. The highest BCUT2D eigenvalue weighted by atomic mass is 35.5. The average Bonchev–Trinajstić information content (AvgIpc) is 2.74. The van der Waals surface area contributed by atoms with Crippen molar-refractivity contribution in [3.8, 4) is 11.8 Å². The summed E-state index contributed by atoms with van der Waals surface area (Å²) in [6, 6.07) is 3.59. The van der Waals surface area contributed by atoms with Gasteiger partial charge in [-0.25, -0.2) is 0 Å². The highest BCUT2D eigenvalue weighted by Crippen LogP contribution is 2.23. The van der Waals surface area contributed by atoms with Crippen molar-refractivity contribution in [1.29, 1.82) is 0 Å². The molecule has 0 atom stereocenters. The molecular formula is C15H19ClN2OS. The van der Waals surface area contributed by atoms with Crippen LogP contribution in [0.15, 0.2) is 12.1 Å². The Morgan fingerprint density at radius 1 is 1.30 bits per heavy atom. The van der Waals surface area contributed by atoms with Crippen LogP contribution in [0.1, 0.15) is 29.4 Å². The second kappa shape index (κ2) is 7.68. The summed E-state index contributed by atoms with van der Waals surface area (Å²) in [4.78, 5) is 17.3. The maximum atomic E-state index is 12.4. The topological polar surface area (TPSA) is 23.6 Å². The first-order valence-electron chi connectivity index (χ1n) is 6.93. The van der Waals surface area contributed by atoms with Gasteiger partial charge in [0.1, 0.15) is 0 Å². The van der Waals surface area contributed by atoms with Crippen molar-refractivity contribution >= 4 is 28.8 Å². The Kier molecular flexibility index (Phi) is 5.90. The van der Waals surface area contributed by atoms with Crippen LogP contribution in [0.2, 0.25) is 4.34 Å². The molecule has 20 heavy (non-hydrogen) atoms. The molecule has 108 valence electrons. The lowest BCUT2D eigenvalue weighted by Crippen LogP contribution is -2.34. The normalized spacial score (nSPS) is 16.4. The third-order valence-corrected chi connectivity index (χ3v) is 4.48. The van der Waals surface area contributed by atoms with Gasteiger partial charge in [0.05, 0.1) is 15.8 Å². The monoisotopic (exact) mass is 310 g/mol. The fourth-order valence-corrected chi connectivity index (χ4v) is 3.22. The van der Waals surface area contributed by atoms with Crippen LogP contribution in [-0.2, 0) is 0 Å². The first-order chi connectivity index (χ1) is 9.70. The van der Waals surface area contributed by atoms with Crippen molar-refractivity contribution in [2.24, 2.45) is 0 Å². The molecule has 2 rings (SSSR count). The number of halogens is 1. The minimum atomic E-state index is 0.100. The molecule has 1 amide bonds. The second-order valence-electron chi connectivity index (χ2n) is 4.73. The lowest BCUT2D eigenvalue weighted by Gasteiger charge is -2.20. The van der Waals surface area contributed by atoms with Gasteiger partial charge in [0.2, 0.25) is 0 Å². The summed E-state index contributed by atoms with van der Waals surface area (Å²) in [6.07, 6.45) is 1.90. The van der Waals surface area contributed by atoms with Gasteiger partial charge in [-0.05, 0) is 18.6 Å². The van der Waals surface area contributed by atoms with Crippen LogP contribution in [0.25, 0.3) is 0 Å². The van der Waals surface area contributed by atoms with Crippen LogP contribution in [-0.4, -0.2) is 48.4 Å². The molecule has 1 fully saturated rings. The highest BCUT2D eigenvalue weighted by molar-refractivity contribution is 7.17. The van der Waals surface area contributed by atoms with E-state index in [1.54, 1.807) is 6.07 Å². The lowest BCUT2D eigenvalue weighted by molar-refractivity contribution is 0.0767. The fourth-order valence-electron chi connectivity index (χ4n) is 2.21. The molecule has 1 aliphatic heterocycles. The van der Waals surface area contributed by atoms with E-state index in [1.165, 1.54) is 11.3 Å². The van der Waals surface area contributed by atoms with Crippen molar-refractivity contribution < 1.29 is 4.79 Å². The molecule has 0 aromatic carbocycles. The predicted octanol–water partition coefficient (Wildman–Crippen LogP) is 2.96. The lowest BCUT2D eigenvalue weighted by atomic mass is 10.3. The highest BCUT2D eigenvalue weighted by Gasteiger charge is 2.20. The number of nitrogens with zero attached hydrogens (tertiary/aromatic N) is 2. The Labute approximate surface area is 129 Å². The smallest absolute Gasteiger partial charge is 0.264 e. The SMILES string of the molecule is CCC#CCN1CCCN(C(=O)c2ccc(Cl)s2)CC1. The van der Waals surface area contributed by atoms with Crippen molar-refractivity contribution in [3.05, 3.63) is 21.3 Å². The van der Waals surface area contributed by atoms with Crippen molar-refractivity contribution in [3.63, 3.8) is 0 Å². The zero-order valence-electron chi connectivity index (χ0n) is 11.7. The number of carbonyl (C=O) groups is 1. The summed E-state index contributed by atoms with van der Waals surface area (Å²) in [6.45, 7) is 6.34. The van der Waals surface area contributed by atoms with Crippen LogP contribution >= 0.6 is 22.9 Å². The van der Waals surface area contributed by atoms with Gasteiger partial charge < -0.3 is 4.90 Å².